The second-order valence-corrected chi connectivity index (χ2v) is 6.67. The smallest absolute Gasteiger partial charge is 0.230 e. The van der Waals surface area contributed by atoms with Gasteiger partial charge in [0.1, 0.15) is 0 Å². The molecule has 5 heteroatoms. The highest BCUT2D eigenvalue weighted by Crippen LogP contribution is 2.24. The fraction of sp³-hybridized carbons (Fsp3) is 0.556. The first kappa shape index (κ1) is 16.0. The molecule has 5 nitrogen and oxygen atoms in total. The fourth-order valence-corrected chi connectivity index (χ4v) is 2.98. The van der Waals surface area contributed by atoms with Crippen LogP contribution in [-0.4, -0.2) is 41.3 Å². The Kier molecular flexibility index (Phi) is 4.66. The Bertz CT molecular complexity index is 657. The van der Waals surface area contributed by atoms with E-state index in [9.17, 15) is 0 Å². The van der Waals surface area contributed by atoms with Gasteiger partial charge < -0.3 is 9.32 Å². The molecule has 1 saturated heterocycles. The third kappa shape index (κ3) is 3.55. The van der Waals surface area contributed by atoms with E-state index in [0.29, 0.717) is 0 Å². The molecular weight excluding hydrogens is 288 g/mol. The first-order valence-electron chi connectivity index (χ1n) is 8.40. The highest BCUT2D eigenvalue weighted by molar-refractivity contribution is 5.56. The lowest BCUT2D eigenvalue weighted by Crippen LogP contribution is -2.46. The number of benzene rings is 1. The molecule has 1 aromatic heterocycles. The summed E-state index contributed by atoms with van der Waals surface area (Å²) in [4.78, 5) is 4.87. The van der Waals surface area contributed by atoms with E-state index in [1.807, 2.05) is 0 Å². The Morgan fingerprint density at radius 1 is 1.09 bits per heavy atom. The third-order valence-electron chi connectivity index (χ3n) is 4.62. The van der Waals surface area contributed by atoms with Gasteiger partial charge >= 0.3 is 0 Å². The van der Waals surface area contributed by atoms with Crippen LogP contribution in [0.2, 0.25) is 0 Å². The predicted molar refractivity (Wildman–Crippen MR) is 91.8 cm³/mol. The molecule has 0 amide bonds. The molecule has 1 aromatic carbocycles. The van der Waals surface area contributed by atoms with Crippen molar-refractivity contribution in [3.8, 4) is 0 Å². The van der Waals surface area contributed by atoms with Gasteiger partial charge in [-0.15, -0.1) is 10.2 Å². The largest absolute Gasteiger partial charge is 0.424 e. The number of aromatic nitrogens is 2. The minimum atomic E-state index is 0.289. The van der Waals surface area contributed by atoms with Crippen LogP contribution in [0, 0.1) is 13.8 Å². The summed E-state index contributed by atoms with van der Waals surface area (Å²) in [7, 11) is 0. The summed E-state index contributed by atoms with van der Waals surface area (Å²) in [5.74, 6) is 1.75. The van der Waals surface area contributed by atoms with Crippen molar-refractivity contribution in [3.63, 3.8) is 0 Å². The first-order valence-corrected chi connectivity index (χ1v) is 8.40. The minimum Gasteiger partial charge on any atom is -0.424 e. The highest BCUT2D eigenvalue weighted by Gasteiger charge is 2.20. The molecule has 0 N–H and O–H groups in total. The van der Waals surface area contributed by atoms with E-state index in [1.54, 1.807) is 0 Å². The molecular formula is C18H26N4O. The number of rotatable bonds is 4. The molecule has 0 atom stereocenters. The standard InChI is InChI=1S/C18H26N4O/c1-13(2)18-20-19-17(23-18)12-21-8-10-22(11-9-21)16-7-5-6-14(3)15(16)4/h5-7,13H,8-12H2,1-4H3. The van der Waals surface area contributed by atoms with Crippen LogP contribution in [0.1, 0.15) is 42.7 Å². The number of nitrogens with zero attached hydrogens (tertiary/aromatic N) is 4. The van der Waals surface area contributed by atoms with Crippen LogP contribution in [0.3, 0.4) is 0 Å². The summed E-state index contributed by atoms with van der Waals surface area (Å²) >= 11 is 0. The SMILES string of the molecule is Cc1cccc(N2CCN(Cc3nnc(C(C)C)o3)CC2)c1C. The van der Waals surface area contributed by atoms with E-state index in [0.717, 1.165) is 44.5 Å². The maximum atomic E-state index is 5.72. The van der Waals surface area contributed by atoms with Crippen LogP contribution in [0.25, 0.3) is 0 Å². The van der Waals surface area contributed by atoms with Crippen molar-refractivity contribution in [2.45, 2.75) is 40.2 Å². The van der Waals surface area contributed by atoms with Gasteiger partial charge in [0, 0.05) is 37.8 Å². The second-order valence-electron chi connectivity index (χ2n) is 6.67. The Labute approximate surface area is 138 Å². The van der Waals surface area contributed by atoms with Gasteiger partial charge in [-0.25, -0.2) is 0 Å². The summed E-state index contributed by atoms with van der Waals surface area (Å²) in [5.41, 5.74) is 4.11. The number of piperazine rings is 1. The zero-order valence-electron chi connectivity index (χ0n) is 14.5. The quantitative estimate of drug-likeness (QED) is 0.867. The number of anilines is 1. The third-order valence-corrected chi connectivity index (χ3v) is 4.62. The van der Waals surface area contributed by atoms with E-state index in [2.05, 4.69) is 65.9 Å². The Morgan fingerprint density at radius 3 is 2.48 bits per heavy atom. The molecule has 2 aromatic rings. The first-order chi connectivity index (χ1) is 11.0. The molecule has 23 heavy (non-hydrogen) atoms. The van der Waals surface area contributed by atoms with Gasteiger partial charge in [0.2, 0.25) is 11.8 Å². The summed E-state index contributed by atoms with van der Waals surface area (Å²) in [5, 5.41) is 8.27. The molecule has 0 spiro atoms. The normalized spacial score (nSPS) is 16.3. The van der Waals surface area contributed by atoms with Crippen molar-refractivity contribution in [1.82, 2.24) is 15.1 Å². The molecule has 0 aliphatic carbocycles. The number of hydrogen-bond donors (Lipinski definition) is 0. The number of hydrogen-bond acceptors (Lipinski definition) is 5. The predicted octanol–water partition coefficient (Wildman–Crippen LogP) is 3.13. The van der Waals surface area contributed by atoms with E-state index in [-0.39, 0.29) is 5.92 Å². The van der Waals surface area contributed by atoms with Crippen molar-refractivity contribution >= 4 is 5.69 Å². The molecule has 1 aliphatic rings. The van der Waals surface area contributed by atoms with Crippen LogP contribution in [0.15, 0.2) is 22.6 Å². The molecule has 2 heterocycles. The van der Waals surface area contributed by atoms with Gasteiger partial charge in [-0.05, 0) is 31.0 Å². The summed E-state index contributed by atoms with van der Waals surface area (Å²) < 4.78 is 5.72. The summed E-state index contributed by atoms with van der Waals surface area (Å²) in [6, 6.07) is 6.55. The monoisotopic (exact) mass is 314 g/mol. The molecule has 0 saturated carbocycles. The lowest BCUT2D eigenvalue weighted by molar-refractivity contribution is 0.223. The zero-order valence-corrected chi connectivity index (χ0v) is 14.5. The summed E-state index contributed by atoms with van der Waals surface area (Å²) in [6.07, 6.45) is 0. The van der Waals surface area contributed by atoms with E-state index >= 15 is 0 Å². The van der Waals surface area contributed by atoms with Crippen LogP contribution in [-0.2, 0) is 6.54 Å². The molecule has 124 valence electrons. The maximum absolute atomic E-state index is 5.72. The number of aryl methyl sites for hydroxylation is 1. The average Bonchev–Trinajstić information content (AvgIpc) is 3.00. The zero-order chi connectivity index (χ0) is 16.4. The average molecular weight is 314 g/mol. The van der Waals surface area contributed by atoms with Gasteiger partial charge in [-0.2, -0.15) is 0 Å². The van der Waals surface area contributed by atoms with Crippen molar-refractivity contribution in [3.05, 3.63) is 41.1 Å². The molecule has 1 fully saturated rings. The molecule has 0 bridgehead atoms. The van der Waals surface area contributed by atoms with E-state index in [4.69, 9.17) is 4.42 Å². The van der Waals surface area contributed by atoms with E-state index in [1.165, 1.54) is 16.8 Å². The van der Waals surface area contributed by atoms with Gasteiger partial charge in [0.15, 0.2) is 0 Å². The summed E-state index contributed by atoms with van der Waals surface area (Å²) in [6.45, 7) is 13.4. The second kappa shape index (κ2) is 6.71. The van der Waals surface area contributed by atoms with Gasteiger partial charge in [0.25, 0.3) is 0 Å². The van der Waals surface area contributed by atoms with Gasteiger partial charge in [0.05, 0.1) is 6.54 Å². The van der Waals surface area contributed by atoms with Crippen LogP contribution in [0.5, 0.6) is 0 Å². The van der Waals surface area contributed by atoms with Gasteiger partial charge in [-0.3, -0.25) is 4.90 Å². The molecule has 3 rings (SSSR count). The Hall–Kier alpha value is -1.88. The van der Waals surface area contributed by atoms with E-state index < -0.39 is 0 Å². The van der Waals surface area contributed by atoms with Crippen molar-refractivity contribution in [2.75, 3.05) is 31.1 Å². The molecule has 1 aliphatic heterocycles. The van der Waals surface area contributed by atoms with Crippen molar-refractivity contribution < 1.29 is 4.42 Å². The molecule has 0 radical (unpaired) electrons. The van der Waals surface area contributed by atoms with Crippen LogP contribution < -0.4 is 4.90 Å². The van der Waals surface area contributed by atoms with Crippen molar-refractivity contribution in [1.29, 1.82) is 0 Å². The van der Waals surface area contributed by atoms with Crippen LogP contribution >= 0.6 is 0 Å². The van der Waals surface area contributed by atoms with Crippen molar-refractivity contribution in [2.24, 2.45) is 0 Å². The fourth-order valence-electron chi connectivity index (χ4n) is 2.98. The topological polar surface area (TPSA) is 45.4 Å². The van der Waals surface area contributed by atoms with Crippen LogP contribution in [0.4, 0.5) is 5.69 Å². The molecule has 0 unspecified atom stereocenters. The van der Waals surface area contributed by atoms with Gasteiger partial charge in [-0.1, -0.05) is 26.0 Å². The minimum absolute atomic E-state index is 0.289. The maximum Gasteiger partial charge on any atom is 0.230 e. The Balaban J connectivity index is 1.58. The lowest BCUT2D eigenvalue weighted by atomic mass is 10.1. The highest BCUT2D eigenvalue weighted by atomic mass is 16.4. The lowest BCUT2D eigenvalue weighted by Gasteiger charge is -2.36. The Morgan fingerprint density at radius 2 is 1.83 bits per heavy atom.